The van der Waals surface area contributed by atoms with Crippen molar-refractivity contribution in [1.82, 2.24) is 10.2 Å². The summed E-state index contributed by atoms with van der Waals surface area (Å²) in [5, 5.41) is 8.62. The summed E-state index contributed by atoms with van der Waals surface area (Å²) in [6, 6.07) is 10.1. The van der Waals surface area contributed by atoms with Crippen LogP contribution < -0.4 is 10.4 Å². The van der Waals surface area contributed by atoms with Crippen LogP contribution in [-0.4, -0.2) is 17.3 Å². The first-order chi connectivity index (χ1) is 9.67. The van der Waals surface area contributed by atoms with Gasteiger partial charge in [0.15, 0.2) is 5.15 Å². The first-order valence-electron chi connectivity index (χ1n) is 5.79. The number of fused-ring (bicyclic) bond motifs is 1. The fraction of sp³-hybridized carbons (Fsp3) is 0.0714. The number of halogens is 1. The normalized spacial score (nSPS) is 10.7. The Bertz CT molecular complexity index is 828. The Balaban J connectivity index is 2.22. The Morgan fingerprint density at radius 2 is 2.00 bits per heavy atom. The Hall–Kier alpha value is -2.40. The largest absolute Gasteiger partial charge is 0.497 e. The van der Waals surface area contributed by atoms with E-state index >= 15 is 0 Å². The predicted octanol–water partition coefficient (Wildman–Crippen LogP) is 2.91. The molecule has 3 aromatic rings. The first-order valence-corrected chi connectivity index (χ1v) is 6.16. The van der Waals surface area contributed by atoms with Gasteiger partial charge in [-0.15, -0.1) is 10.2 Å². The Kier molecular flexibility index (Phi) is 3.12. The lowest BCUT2D eigenvalue weighted by Crippen LogP contribution is -2.04. The van der Waals surface area contributed by atoms with E-state index in [4.69, 9.17) is 20.8 Å². The van der Waals surface area contributed by atoms with E-state index in [1.54, 1.807) is 43.5 Å². The maximum absolute atomic E-state index is 12.0. The molecule has 5 nitrogen and oxygen atoms in total. The van der Waals surface area contributed by atoms with Crippen molar-refractivity contribution in [2.24, 2.45) is 0 Å². The highest BCUT2D eigenvalue weighted by Crippen LogP contribution is 2.23. The summed E-state index contributed by atoms with van der Waals surface area (Å²) >= 11 is 5.68. The van der Waals surface area contributed by atoms with Gasteiger partial charge in [-0.1, -0.05) is 11.6 Å². The van der Waals surface area contributed by atoms with Crippen molar-refractivity contribution in [3.63, 3.8) is 0 Å². The van der Waals surface area contributed by atoms with Gasteiger partial charge in [0.05, 0.1) is 12.7 Å². The van der Waals surface area contributed by atoms with Crippen LogP contribution in [0.4, 0.5) is 0 Å². The molecular formula is C14H9ClN2O3. The molecule has 0 radical (unpaired) electrons. The second-order valence-electron chi connectivity index (χ2n) is 4.09. The highest BCUT2D eigenvalue weighted by atomic mass is 35.5. The molecule has 0 aliphatic heterocycles. The molecule has 2 aromatic heterocycles. The van der Waals surface area contributed by atoms with E-state index in [-0.39, 0.29) is 5.15 Å². The highest BCUT2D eigenvalue weighted by Gasteiger charge is 2.10. The molecule has 0 N–H and O–H groups in total. The van der Waals surface area contributed by atoms with Gasteiger partial charge in [0.2, 0.25) is 0 Å². The third-order valence-electron chi connectivity index (χ3n) is 2.85. The lowest BCUT2D eigenvalue weighted by atomic mass is 10.1. The van der Waals surface area contributed by atoms with Gasteiger partial charge >= 0.3 is 5.63 Å². The summed E-state index contributed by atoms with van der Waals surface area (Å²) in [5.41, 5.74) is 0.753. The monoisotopic (exact) mass is 288 g/mol. The van der Waals surface area contributed by atoms with Crippen LogP contribution in [-0.2, 0) is 0 Å². The van der Waals surface area contributed by atoms with Crippen molar-refractivity contribution in [3.8, 4) is 17.0 Å². The third kappa shape index (κ3) is 2.23. The molecule has 0 saturated carbocycles. The van der Waals surface area contributed by atoms with Crippen LogP contribution in [0.3, 0.4) is 0 Å². The molecule has 0 aliphatic carbocycles. The summed E-state index contributed by atoms with van der Waals surface area (Å²) in [6.45, 7) is 0. The predicted molar refractivity (Wildman–Crippen MR) is 75.1 cm³/mol. The molecule has 0 aliphatic rings. The van der Waals surface area contributed by atoms with E-state index < -0.39 is 5.63 Å². The molecule has 3 rings (SSSR count). The average Bonchev–Trinajstić information content (AvgIpc) is 2.47. The summed E-state index contributed by atoms with van der Waals surface area (Å²) < 4.78 is 10.4. The molecule has 0 bridgehead atoms. The van der Waals surface area contributed by atoms with Gasteiger partial charge in [-0.2, -0.15) is 0 Å². The summed E-state index contributed by atoms with van der Waals surface area (Å²) in [4.78, 5) is 12.0. The maximum Gasteiger partial charge on any atom is 0.345 e. The molecule has 2 heterocycles. The van der Waals surface area contributed by atoms with Crippen LogP contribution in [0.2, 0.25) is 5.15 Å². The highest BCUT2D eigenvalue weighted by molar-refractivity contribution is 6.29. The molecule has 0 atom stereocenters. The van der Waals surface area contributed by atoms with Crippen LogP contribution in [0.1, 0.15) is 0 Å². The topological polar surface area (TPSA) is 65.2 Å². The van der Waals surface area contributed by atoms with Crippen LogP contribution >= 0.6 is 11.6 Å². The van der Waals surface area contributed by atoms with Crippen molar-refractivity contribution in [2.75, 3.05) is 7.11 Å². The van der Waals surface area contributed by atoms with E-state index in [0.29, 0.717) is 22.6 Å². The Morgan fingerprint density at radius 3 is 2.70 bits per heavy atom. The average molecular weight is 289 g/mol. The van der Waals surface area contributed by atoms with Crippen LogP contribution in [0.25, 0.3) is 22.2 Å². The van der Waals surface area contributed by atoms with Gasteiger partial charge in [-0.3, -0.25) is 0 Å². The quantitative estimate of drug-likeness (QED) is 0.678. The van der Waals surface area contributed by atoms with Crippen molar-refractivity contribution in [3.05, 3.63) is 52.0 Å². The number of nitrogens with zero attached hydrogens (tertiary/aromatic N) is 2. The number of rotatable bonds is 2. The lowest BCUT2D eigenvalue weighted by Gasteiger charge is -2.03. The van der Waals surface area contributed by atoms with E-state index in [2.05, 4.69) is 10.2 Å². The Morgan fingerprint density at radius 1 is 1.15 bits per heavy atom. The van der Waals surface area contributed by atoms with E-state index in [9.17, 15) is 4.79 Å². The van der Waals surface area contributed by atoms with Crippen molar-refractivity contribution >= 4 is 22.6 Å². The number of hydrogen-bond donors (Lipinski definition) is 0. The SMILES string of the molecule is COc1ccc2oc(=O)c(-c3ccc(Cl)nn3)cc2c1. The molecule has 1 aromatic carbocycles. The van der Waals surface area contributed by atoms with Gasteiger partial charge in [0.1, 0.15) is 17.0 Å². The molecule has 0 unspecified atom stereocenters. The minimum absolute atomic E-state index is 0.264. The molecule has 0 spiro atoms. The van der Waals surface area contributed by atoms with Crippen molar-refractivity contribution < 1.29 is 9.15 Å². The molecular weight excluding hydrogens is 280 g/mol. The number of methoxy groups -OCH3 is 1. The molecule has 20 heavy (non-hydrogen) atoms. The fourth-order valence-electron chi connectivity index (χ4n) is 1.87. The smallest absolute Gasteiger partial charge is 0.345 e. The summed E-state index contributed by atoms with van der Waals surface area (Å²) in [6.07, 6.45) is 0. The second-order valence-corrected chi connectivity index (χ2v) is 4.48. The van der Waals surface area contributed by atoms with Gasteiger partial charge < -0.3 is 9.15 Å². The standard InChI is InChI=1S/C14H9ClN2O3/c1-19-9-2-4-12-8(6-9)7-10(14(18)20-12)11-3-5-13(15)17-16-11/h2-7H,1H3. The number of aromatic nitrogens is 2. The van der Waals surface area contributed by atoms with Crippen molar-refractivity contribution in [2.45, 2.75) is 0 Å². The fourth-order valence-corrected chi connectivity index (χ4v) is 1.97. The maximum atomic E-state index is 12.0. The van der Waals surface area contributed by atoms with E-state index in [0.717, 1.165) is 5.39 Å². The molecule has 0 amide bonds. The lowest BCUT2D eigenvalue weighted by molar-refractivity contribution is 0.415. The minimum atomic E-state index is -0.473. The third-order valence-corrected chi connectivity index (χ3v) is 3.05. The zero-order valence-corrected chi connectivity index (χ0v) is 11.2. The number of benzene rings is 1. The summed E-state index contributed by atoms with van der Waals surface area (Å²) in [7, 11) is 1.58. The molecule has 100 valence electrons. The number of ether oxygens (including phenoxy) is 1. The molecule has 6 heteroatoms. The summed E-state index contributed by atoms with van der Waals surface area (Å²) in [5.74, 6) is 0.680. The first kappa shape index (κ1) is 12.6. The van der Waals surface area contributed by atoms with Gasteiger partial charge in [-0.05, 0) is 36.4 Å². The van der Waals surface area contributed by atoms with Crippen LogP contribution in [0.5, 0.6) is 5.75 Å². The van der Waals surface area contributed by atoms with Crippen molar-refractivity contribution in [1.29, 1.82) is 0 Å². The molecule has 0 saturated heterocycles. The molecule has 0 fully saturated rings. The van der Waals surface area contributed by atoms with E-state index in [1.807, 2.05) is 0 Å². The Labute approximate surface area is 118 Å². The minimum Gasteiger partial charge on any atom is -0.497 e. The van der Waals surface area contributed by atoms with Gasteiger partial charge in [0, 0.05) is 5.39 Å². The second kappa shape index (κ2) is 4.94. The van der Waals surface area contributed by atoms with Crippen LogP contribution in [0.15, 0.2) is 45.6 Å². The van der Waals surface area contributed by atoms with Gasteiger partial charge in [-0.25, -0.2) is 4.79 Å². The van der Waals surface area contributed by atoms with E-state index in [1.165, 1.54) is 0 Å². The zero-order chi connectivity index (χ0) is 14.1. The van der Waals surface area contributed by atoms with Crippen LogP contribution in [0, 0.1) is 0 Å². The van der Waals surface area contributed by atoms with Gasteiger partial charge in [0.25, 0.3) is 0 Å². The number of hydrogen-bond acceptors (Lipinski definition) is 5. The zero-order valence-electron chi connectivity index (χ0n) is 10.5.